The van der Waals surface area contributed by atoms with Gasteiger partial charge >= 0.3 is 0 Å². The van der Waals surface area contributed by atoms with Crippen molar-refractivity contribution in [2.45, 2.75) is 25.9 Å². The molecule has 0 bridgehead atoms. The van der Waals surface area contributed by atoms with Crippen LogP contribution in [0.15, 0.2) is 24.3 Å². The molecule has 0 saturated heterocycles. The second-order valence-corrected chi connectivity index (χ2v) is 3.52. The van der Waals surface area contributed by atoms with E-state index in [1.165, 1.54) is 12.1 Å². The first-order chi connectivity index (χ1) is 6.63. The van der Waals surface area contributed by atoms with E-state index in [-0.39, 0.29) is 24.5 Å². The minimum absolute atomic E-state index is 0.0510. The molecule has 14 heavy (non-hydrogen) atoms. The van der Waals surface area contributed by atoms with E-state index in [2.05, 4.69) is 5.32 Å². The van der Waals surface area contributed by atoms with Gasteiger partial charge in [-0.1, -0.05) is 12.1 Å². The van der Waals surface area contributed by atoms with Crippen LogP contribution >= 0.6 is 0 Å². The van der Waals surface area contributed by atoms with Crippen LogP contribution in [-0.2, 0) is 0 Å². The topological polar surface area (TPSA) is 32.3 Å². The fraction of sp³-hybridized carbons (Fsp3) is 0.455. The molecule has 0 radical (unpaired) electrons. The summed E-state index contributed by atoms with van der Waals surface area (Å²) in [4.78, 5) is 0. The molecule has 2 N–H and O–H groups in total. The average Bonchev–Trinajstić information content (AvgIpc) is 2.18. The Hall–Kier alpha value is -0.930. The molecule has 1 rings (SSSR count). The van der Waals surface area contributed by atoms with Gasteiger partial charge in [-0.3, -0.25) is 0 Å². The van der Waals surface area contributed by atoms with E-state index in [1.54, 1.807) is 12.1 Å². The van der Waals surface area contributed by atoms with Crippen molar-refractivity contribution in [2.75, 3.05) is 6.61 Å². The highest BCUT2D eigenvalue weighted by Crippen LogP contribution is 2.13. The van der Waals surface area contributed by atoms with Crippen LogP contribution in [0.3, 0.4) is 0 Å². The lowest BCUT2D eigenvalue weighted by Gasteiger charge is -2.18. The third-order valence-corrected chi connectivity index (χ3v) is 2.18. The van der Waals surface area contributed by atoms with E-state index >= 15 is 0 Å². The van der Waals surface area contributed by atoms with Crippen molar-refractivity contribution >= 4 is 0 Å². The van der Waals surface area contributed by atoms with Gasteiger partial charge in [-0.2, -0.15) is 0 Å². The Bertz CT molecular complexity index is 273. The molecule has 0 aliphatic carbocycles. The quantitative estimate of drug-likeness (QED) is 0.772. The zero-order chi connectivity index (χ0) is 10.6. The van der Waals surface area contributed by atoms with Crippen molar-refractivity contribution in [1.29, 1.82) is 0 Å². The lowest BCUT2D eigenvalue weighted by Crippen LogP contribution is -2.31. The number of hydrogen-bond acceptors (Lipinski definition) is 2. The van der Waals surface area contributed by atoms with Crippen LogP contribution in [0.25, 0.3) is 0 Å². The molecule has 78 valence electrons. The lowest BCUT2D eigenvalue weighted by atomic mass is 10.1. The largest absolute Gasteiger partial charge is 0.395 e. The summed E-state index contributed by atoms with van der Waals surface area (Å²) < 4.78 is 12.6. The highest BCUT2D eigenvalue weighted by Gasteiger charge is 2.07. The van der Waals surface area contributed by atoms with Gasteiger partial charge in [-0.25, -0.2) is 4.39 Å². The Morgan fingerprint density at radius 1 is 1.29 bits per heavy atom. The lowest BCUT2D eigenvalue weighted by molar-refractivity contribution is 0.243. The molecule has 0 amide bonds. The molecule has 0 spiro atoms. The summed E-state index contributed by atoms with van der Waals surface area (Å²) in [5, 5.41) is 12.0. The van der Waals surface area contributed by atoms with E-state index < -0.39 is 0 Å². The third-order valence-electron chi connectivity index (χ3n) is 2.18. The van der Waals surface area contributed by atoms with Crippen LogP contribution in [0.2, 0.25) is 0 Å². The predicted molar refractivity (Wildman–Crippen MR) is 54.5 cm³/mol. The van der Waals surface area contributed by atoms with Crippen molar-refractivity contribution < 1.29 is 9.50 Å². The van der Waals surface area contributed by atoms with E-state index in [1.807, 2.05) is 13.8 Å². The average molecular weight is 197 g/mol. The second-order valence-electron chi connectivity index (χ2n) is 3.52. The summed E-state index contributed by atoms with van der Waals surface area (Å²) in [5.41, 5.74) is 1.02. The summed E-state index contributed by atoms with van der Waals surface area (Å²) >= 11 is 0. The number of aliphatic hydroxyl groups is 1. The molecule has 0 heterocycles. The minimum Gasteiger partial charge on any atom is -0.395 e. The van der Waals surface area contributed by atoms with Crippen molar-refractivity contribution in [3.8, 4) is 0 Å². The summed E-state index contributed by atoms with van der Waals surface area (Å²) in [6, 6.07) is 6.55. The summed E-state index contributed by atoms with van der Waals surface area (Å²) in [6.07, 6.45) is 0. The molecule has 0 aromatic heterocycles. The number of rotatable bonds is 4. The highest BCUT2D eigenvalue weighted by molar-refractivity contribution is 5.19. The fourth-order valence-corrected chi connectivity index (χ4v) is 1.33. The molecule has 2 nitrogen and oxygen atoms in total. The molecule has 0 fully saturated rings. The monoisotopic (exact) mass is 197 g/mol. The Labute approximate surface area is 83.8 Å². The van der Waals surface area contributed by atoms with Gasteiger partial charge in [0.2, 0.25) is 0 Å². The maximum absolute atomic E-state index is 12.6. The van der Waals surface area contributed by atoms with Crippen molar-refractivity contribution in [3.05, 3.63) is 35.6 Å². The first kappa shape index (κ1) is 11.1. The Morgan fingerprint density at radius 2 is 1.86 bits per heavy atom. The van der Waals surface area contributed by atoms with E-state index in [0.29, 0.717) is 0 Å². The normalized spacial score (nSPS) is 15.1. The molecular formula is C11H16FNO. The molecule has 0 aliphatic heterocycles. The van der Waals surface area contributed by atoms with Gasteiger partial charge in [-0.15, -0.1) is 0 Å². The smallest absolute Gasteiger partial charge is 0.123 e. The Kier molecular flexibility index (Phi) is 4.04. The zero-order valence-electron chi connectivity index (χ0n) is 8.50. The maximum Gasteiger partial charge on any atom is 0.123 e. The number of benzene rings is 1. The number of halogens is 1. The molecule has 2 atom stereocenters. The minimum atomic E-state index is -0.226. The van der Waals surface area contributed by atoms with Crippen LogP contribution in [0.4, 0.5) is 4.39 Å². The molecule has 0 aliphatic rings. The first-order valence-corrected chi connectivity index (χ1v) is 4.76. The number of aliphatic hydroxyl groups excluding tert-OH is 1. The Morgan fingerprint density at radius 3 is 2.36 bits per heavy atom. The van der Waals surface area contributed by atoms with Gasteiger partial charge in [0.1, 0.15) is 5.82 Å². The molecule has 1 aromatic rings. The summed E-state index contributed by atoms with van der Waals surface area (Å²) in [5.74, 6) is -0.226. The fourth-order valence-electron chi connectivity index (χ4n) is 1.33. The van der Waals surface area contributed by atoms with Crippen LogP contribution < -0.4 is 5.32 Å². The Balaban J connectivity index is 2.60. The summed E-state index contributed by atoms with van der Waals surface area (Å²) in [6.45, 7) is 3.99. The maximum atomic E-state index is 12.6. The first-order valence-electron chi connectivity index (χ1n) is 4.76. The van der Waals surface area contributed by atoms with Gasteiger partial charge in [0.05, 0.1) is 6.61 Å². The number of hydrogen-bond donors (Lipinski definition) is 2. The predicted octanol–water partition coefficient (Wildman–Crippen LogP) is 1.86. The number of nitrogens with one attached hydrogen (secondary N) is 1. The third kappa shape index (κ3) is 3.09. The van der Waals surface area contributed by atoms with Crippen molar-refractivity contribution in [3.63, 3.8) is 0 Å². The SMILES string of the molecule is CC(CO)NC(C)c1ccc(F)cc1. The van der Waals surface area contributed by atoms with Gasteiger partial charge in [0.25, 0.3) is 0 Å². The van der Waals surface area contributed by atoms with E-state index in [9.17, 15) is 4.39 Å². The van der Waals surface area contributed by atoms with Gasteiger partial charge in [0.15, 0.2) is 0 Å². The molecular weight excluding hydrogens is 181 g/mol. The van der Waals surface area contributed by atoms with Crippen molar-refractivity contribution in [1.82, 2.24) is 5.32 Å². The standard InChI is InChI=1S/C11H16FNO/c1-8(7-14)13-9(2)10-3-5-11(12)6-4-10/h3-6,8-9,13-14H,7H2,1-2H3. The van der Waals surface area contributed by atoms with Crippen LogP contribution in [0.1, 0.15) is 25.5 Å². The van der Waals surface area contributed by atoms with E-state index in [0.717, 1.165) is 5.56 Å². The molecule has 1 aromatic carbocycles. The van der Waals surface area contributed by atoms with Crippen LogP contribution in [-0.4, -0.2) is 17.8 Å². The van der Waals surface area contributed by atoms with Gasteiger partial charge in [0, 0.05) is 12.1 Å². The van der Waals surface area contributed by atoms with Gasteiger partial charge < -0.3 is 10.4 Å². The van der Waals surface area contributed by atoms with Crippen LogP contribution in [0.5, 0.6) is 0 Å². The summed E-state index contributed by atoms with van der Waals surface area (Å²) in [7, 11) is 0. The second kappa shape index (κ2) is 5.08. The molecule has 3 heteroatoms. The van der Waals surface area contributed by atoms with Crippen LogP contribution in [0, 0.1) is 5.82 Å². The van der Waals surface area contributed by atoms with Crippen molar-refractivity contribution in [2.24, 2.45) is 0 Å². The highest BCUT2D eigenvalue weighted by atomic mass is 19.1. The zero-order valence-corrected chi connectivity index (χ0v) is 8.50. The van der Waals surface area contributed by atoms with Gasteiger partial charge in [-0.05, 0) is 31.5 Å². The van der Waals surface area contributed by atoms with E-state index in [4.69, 9.17) is 5.11 Å². The molecule has 2 unspecified atom stereocenters. The molecule has 0 saturated carbocycles.